The lowest BCUT2D eigenvalue weighted by atomic mass is 9.95. The van der Waals surface area contributed by atoms with Gasteiger partial charge in [-0.3, -0.25) is 9.59 Å². The van der Waals surface area contributed by atoms with E-state index in [4.69, 9.17) is 18.9 Å². The number of aliphatic hydroxyl groups excluding tert-OH is 1. The van der Waals surface area contributed by atoms with Gasteiger partial charge in [0.05, 0.1) is 32.4 Å². The van der Waals surface area contributed by atoms with Crippen molar-refractivity contribution in [2.75, 3.05) is 41.1 Å². The van der Waals surface area contributed by atoms with Crippen LogP contribution in [0.2, 0.25) is 0 Å². The maximum atomic E-state index is 13.2. The number of ketones is 1. The van der Waals surface area contributed by atoms with E-state index in [9.17, 15) is 14.7 Å². The van der Waals surface area contributed by atoms with E-state index in [2.05, 4.69) is 0 Å². The molecule has 1 atom stereocenters. The van der Waals surface area contributed by atoms with E-state index in [0.717, 1.165) is 6.42 Å². The van der Waals surface area contributed by atoms with Crippen molar-refractivity contribution in [3.63, 3.8) is 0 Å². The van der Waals surface area contributed by atoms with Gasteiger partial charge in [0.2, 0.25) is 0 Å². The first kappa shape index (κ1) is 25.1. The predicted molar refractivity (Wildman–Crippen MR) is 127 cm³/mol. The zero-order chi connectivity index (χ0) is 24.7. The number of benzene rings is 2. The molecule has 1 unspecified atom stereocenters. The number of likely N-dealkylation sites (tertiary alicyclic amines) is 1. The van der Waals surface area contributed by atoms with Crippen molar-refractivity contribution in [2.24, 2.45) is 0 Å². The maximum Gasteiger partial charge on any atom is 0.295 e. The van der Waals surface area contributed by atoms with E-state index in [0.29, 0.717) is 48.0 Å². The van der Waals surface area contributed by atoms with E-state index < -0.39 is 17.7 Å². The number of methoxy groups -OCH3 is 3. The van der Waals surface area contributed by atoms with Gasteiger partial charge in [-0.2, -0.15) is 0 Å². The molecule has 182 valence electrons. The molecule has 1 aliphatic heterocycles. The molecule has 1 heterocycles. The molecule has 0 radical (unpaired) electrons. The number of hydrogen-bond donors (Lipinski definition) is 1. The van der Waals surface area contributed by atoms with E-state index >= 15 is 0 Å². The van der Waals surface area contributed by atoms with Crippen LogP contribution < -0.4 is 14.2 Å². The molecular weight excluding hydrogens is 438 g/mol. The average Bonchev–Trinajstić information content (AvgIpc) is 3.11. The molecule has 0 aromatic heterocycles. The second kappa shape index (κ2) is 11.6. The second-order valence-corrected chi connectivity index (χ2v) is 7.83. The van der Waals surface area contributed by atoms with Crippen molar-refractivity contribution < 1.29 is 33.6 Å². The molecule has 0 aliphatic carbocycles. The van der Waals surface area contributed by atoms with Crippen LogP contribution in [0.3, 0.4) is 0 Å². The van der Waals surface area contributed by atoms with Gasteiger partial charge in [0, 0.05) is 25.8 Å². The topological polar surface area (TPSA) is 94.5 Å². The number of hydrogen-bond acceptors (Lipinski definition) is 7. The van der Waals surface area contributed by atoms with Crippen molar-refractivity contribution in [3.05, 3.63) is 59.2 Å². The fourth-order valence-electron chi connectivity index (χ4n) is 3.97. The van der Waals surface area contributed by atoms with Gasteiger partial charge in [0.15, 0.2) is 11.5 Å². The third kappa shape index (κ3) is 5.17. The minimum atomic E-state index is -0.795. The Morgan fingerprint density at radius 1 is 1.00 bits per heavy atom. The zero-order valence-corrected chi connectivity index (χ0v) is 20.0. The van der Waals surface area contributed by atoms with Gasteiger partial charge in [-0.15, -0.1) is 0 Å². The predicted octanol–water partition coefficient (Wildman–Crippen LogP) is 3.95. The van der Waals surface area contributed by atoms with Crippen LogP contribution in [0.5, 0.6) is 17.2 Å². The molecule has 2 aromatic rings. The summed E-state index contributed by atoms with van der Waals surface area (Å²) in [5, 5.41) is 11.3. The van der Waals surface area contributed by atoms with Crippen molar-refractivity contribution in [3.8, 4) is 17.2 Å². The number of ether oxygens (including phenoxy) is 4. The van der Waals surface area contributed by atoms with E-state index in [1.54, 1.807) is 49.6 Å². The van der Waals surface area contributed by atoms with Crippen molar-refractivity contribution in [1.82, 2.24) is 4.90 Å². The summed E-state index contributed by atoms with van der Waals surface area (Å²) in [6.07, 6.45) is 1.37. The summed E-state index contributed by atoms with van der Waals surface area (Å²) in [4.78, 5) is 27.6. The van der Waals surface area contributed by atoms with E-state index in [1.165, 1.54) is 19.1 Å². The van der Waals surface area contributed by atoms with Gasteiger partial charge >= 0.3 is 0 Å². The SMILES string of the molecule is CCCOc1cccc(/C(O)=C2/C(=O)C(=O)N(CCCOC)C2c2ccc(OC)c(OC)c2)c1. The Labute approximate surface area is 199 Å². The normalized spacial score (nSPS) is 17.2. The van der Waals surface area contributed by atoms with E-state index in [-0.39, 0.29) is 17.9 Å². The molecule has 8 heteroatoms. The van der Waals surface area contributed by atoms with Crippen LogP contribution in [-0.4, -0.2) is 62.8 Å². The number of amides is 1. The third-order valence-corrected chi connectivity index (χ3v) is 5.59. The number of carbonyl (C=O) groups is 2. The Hall–Kier alpha value is -3.52. The minimum Gasteiger partial charge on any atom is -0.507 e. The molecule has 1 saturated heterocycles. The number of aliphatic hydroxyl groups is 1. The molecular formula is C26H31NO7. The molecule has 0 spiro atoms. The number of Topliss-reactive ketones (excluding diaryl/α,β-unsaturated/α-hetero) is 1. The summed E-state index contributed by atoms with van der Waals surface area (Å²) in [5.41, 5.74) is 1.03. The molecule has 2 aromatic carbocycles. The summed E-state index contributed by atoms with van der Waals surface area (Å²) in [5.74, 6) is -0.122. The standard InChI is InChI=1S/C26H31NO7/c1-5-13-34-19-9-6-8-18(15-19)24(28)22-23(17-10-11-20(32-3)21(16-17)33-4)27(12-7-14-31-2)26(30)25(22)29/h6,8-11,15-16,23,28H,5,7,12-14H2,1-4H3/b24-22-. The van der Waals surface area contributed by atoms with Gasteiger partial charge in [0.1, 0.15) is 11.5 Å². The molecule has 8 nitrogen and oxygen atoms in total. The highest BCUT2D eigenvalue weighted by Crippen LogP contribution is 2.42. The largest absolute Gasteiger partial charge is 0.507 e. The Morgan fingerprint density at radius 2 is 1.76 bits per heavy atom. The first-order valence-corrected chi connectivity index (χ1v) is 11.2. The highest BCUT2D eigenvalue weighted by atomic mass is 16.5. The number of nitrogens with zero attached hydrogens (tertiary/aromatic N) is 1. The fraction of sp³-hybridized carbons (Fsp3) is 0.385. The van der Waals surface area contributed by atoms with E-state index in [1.807, 2.05) is 6.92 Å². The quantitative estimate of drug-likeness (QED) is 0.230. The first-order chi connectivity index (χ1) is 16.5. The molecule has 1 N–H and O–H groups in total. The van der Waals surface area contributed by atoms with Crippen LogP contribution in [-0.2, 0) is 14.3 Å². The van der Waals surface area contributed by atoms with Crippen LogP contribution in [0.15, 0.2) is 48.0 Å². The molecule has 3 rings (SSSR count). The van der Waals surface area contributed by atoms with Crippen LogP contribution in [0.4, 0.5) is 0 Å². The average molecular weight is 470 g/mol. The Balaban J connectivity index is 2.13. The summed E-state index contributed by atoms with van der Waals surface area (Å²) >= 11 is 0. The molecule has 1 amide bonds. The summed E-state index contributed by atoms with van der Waals surface area (Å²) in [6.45, 7) is 3.24. The maximum absolute atomic E-state index is 13.2. The monoisotopic (exact) mass is 469 g/mol. The Bertz CT molecular complexity index is 1060. The van der Waals surface area contributed by atoms with Crippen LogP contribution in [0.25, 0.3) is 5.76 Å². The molecule has 34 heavy (non-hydrogen) atoms. The Kier molecular flexibility index (Phi) is 8.54. The van der Waals surface area contributed by atoms with Gasteiger partial charge in [-0.25, -0.2) is 0 Å². The molecule has 1 fully saturated rings. The number of rotatable bonds is 11. The van der Waals surface area contributed by atoms with Crippen molar-refractivity contribution in [2.45, 2.75) is 25.8 Å². The molecule has 0 bridgehead atoms. The van der Waals surface area contributed by atoms with Crippen LogP contribution in [0.1, 0.15) is 36.9 Å². The third-order valence-electron chi connectivity index (χ3n) is 5.59. The summed E-state index contributed by atoms with van der Waals surface area (Å²) in [6, 6.07) is 11.2. The first-order valence-electron chi connectivity index (χ1n) is 11.2. The lowest BCUT2D eigenvalue weighted by Gasteiger charge is -2.26. The highest BCUT2D eigenvalue weighted by Gasteiger charge is 2.46. The smallest absolute Gasteiger partial charge is 0.295 e. The van der Waals surface area contributed by atoms with Gasteiger partial charge in [-0.1, -0.05) is 25.1 Å². The fourth-order valence-corrected chi connectivity index (χ4v) is 3.97. The zero-order valence-electron chi connectivity index (χ0n) is 20.0. The van der Waals surface area contributed by atoms with Crippen molar-refractivity contribution >= 4 is 17.4 Å². The van der Waals surface area contributed by atoms with Gasteiger partial charge in [-0.05, 0) is 42.7 Å². The minimum absolute atomic E-state index is 0.0160. The molecule has 1 aliphatic rings. The van der Waals surface area contributed by atoms with Crippen LogP contribution in [0, 0.1) is 0 Å². The summed E-state index contributed by atoms with van der Waals surface area (Å²) < 4.78 is 21.6. The van der Waals surface area contributed by atoms with Gasteiger partial charge < -0.3 is 29.0 Å². The Morgan fingerprint density at radius 3 is 2.44 bits per heavy atom. The lowest BCUT2D eigenvalue weighted by Crippen LogP contribution is -2.31. The highest BCUT2D eigenvalue weighted by molar-refractivity contribution is 6.46. The number of carbonyl (C=O) groups excluding carboxylic acids is 2. The van der Waals surface area contributed by atoms with Crippen molar-refractivity contribution in [1.29, 1.82) is 0 Å². The van der Waals surface area contributed by atoms with Gasteiger partial charge in [0.25, 0.3) is 11.7 Å². The second-order valence-electron chi connectivity index (χ2n) is 7.83. The van der Waals surface area contributed by atoms with Crippen LogP contribution >= 0.6 is 0 Å². The molecule has 0 saturated carbocycles. The summed E-state index contributed by atoms with van der Waals surface area (Å²) in [7, 11) is 4.62. The lowest BCUT2D eigenvalue weighted by molar-refractivity contribution is -0.140.